The van der Waals surface area contributed by atoms with Crippen molar-refractivity contribution in [3.63, 3.8) is 0 Å². The Hall–Kier alpha value is -2.85. The number of hydrogen-bond acceptors (Lipinski definition) is 9. The molecule has 3 atom stereocenters. The fraction of sp³-hybridized carbons (Fsp3) is 0.619. The van der Waals surface area contributed by atoms with Gasteiger partial charge in [-0.3, -0.25) is 18.6 Å². The predicted octanol–water partition coefficient (Wildman–Crippen LogP) is 9.88. The zero-order chi connectivity index (χ0) is 39.1. The van der Waals surface area contributed by atoms with Crippen LogP contribution in [0.4, 0.5) is 0 Å². The lowest BCUT2D eigenvalue weighted by atomic mass is 10.1. The average Bonchev–Trinajstić information content (AvgIpc) is 3.14. The van der Waals surface area contributed by atoms with Crippen LogP contribution in [-0.2, 0) is 32.7 Å². The summed E-state index contributed by atoms with van der Waals surface area (Å²) in [6.45, 7) is 2.04. The van der Waals surface area contributed by atoms with Crippen LogP contribution in [0.25, 0.3) is 0 Å². The minimum absolute atomic E-state index is 0.154. The molecule has 0 fully saturated rings. The number of phosphoric ester groups is 1. The number of hydrogen-bond donors (Lipinski definition) is 3. The molecule has 0 rings (SSSR count). The maximum atomic E-state index is 12.6. The first kappa shape index (κ1) is 50.1. The number of carbonyl (C=O) groups is 2. The summed E-state index contributed by atoms with van der Waals surface area (Å²) in [6, 6.07) is 0. The SMILES string of the molecule is CC/C=C/C=C/C=C/C=C/CCCCCCCC(=O)OC[C@H](COP(=O)(O)OC[C@@H](O)CO)OC(=O)CCCCCCC/C=C/C/C=C/C/C=C/CC. The summed E-state index contributed by atoms with van der Waals surface area (Å²) in [5.74, 6) is -0.983. The van der Waals surface area contributed by atoms with Crippen LogP contribution in [0.2, 0.25) is 0 Å². The van der Waals surface area contributed by atoms with Gasteiger partial charge in [0.15, 0.2) is 6.10 Å². The van der Waals surface area contributed by atoms with Crippen molar-refractivity contribution in [2.75, 3.05) is 26.4 Å². The Bertz CT molecular complexity index is 1150. The van der Waals surface area contributed by atoms with Gasteiger partial charge in [0.2, 0.25) is 0 Å². The first-order valence-electron chi connectivity index (χ1n) is 19.6. The van der Waals surface area contributed by atoms with E-state index in [0.29, 0.717) is 12.8 Å². The summed E-state index contributed by atoms with van der Waals surface area (Å²) in [7, 11) is -4.63. The van der Waals surface area contributed by atoms with E-state index in [1.807, 2.05) is 36.5 Å². The van der Waals surface area contributed by atoms with E-state index < -0.39 is 51.8 Å². The molecule has 0 radical (unpaired) electrons. The summed E-state index contributed by atoms with van der Waals surface area (Å²) < 4.78 is 32.6. The lowest BCUT2D eigenvalue weighted by Crippen LogP contribution is -2.29. The van der Waals surface area contributed by atoms with Crippen LogP contribution in [0.1, 0.15) is 129 Å². The fourth-order valence-electron chi connectivity index (χ4n) is 4.66. The minimum Gasteiger partial charge on any atom is -0.462 e. The van der Waals surface area contributed by atoms with Crippen molar-refractivity contribution in [2.45, 2.75) is 142 Å². The number of rotatable bonds is 35. The van der Waals surface area contributed by atoms with Crippen molar-refractivity contribution in [1.29, 1.82) is 0 Å². The summed E-state index contributed by atoms with van der Waals surface area (Å²) in [5.41, 5.74) is 0. The van der Waals surface area contributed by atoms with E-state index in [0.717, 1.165) is 89.9 Å². The summed E-state index contributed by atoms with van der Waals surface area (Å²) >= 11 is 0. The minimum atomic E-state index is -4.63. The summed E-state index contributed by atoms with van der Waals surface area (Å²) in [5, 5.41) is 18.3. The number of phosphoric acid groups is 1. The van der Waals surface area contributed by atoms with E-state index >= 15 is 0 Å². The zero-order valence-electron chi connectivity index (χ0n) is 32.4. The highest BCUT2D eigenvalue weighted by atomic mass is 31.2. The molecule has 0 aromatic carbocycles. The van der Waals surface area contributed by atoms with Crippen molar-refractivity contribution in [1.82, 2.24) is 0 Å². The Morgan fingerprint density at radius 1 is 0.585 bits per heavy atom. The third kappa shape index (κ3) is 37.3. The largest absolute Gasteiger partial charge is 0.472 e. The van der Waals surface area contributed by atoms with E-state index in [-0.39, 0.29) is 19.4 Å². The number of esters is 2. The third-order valence-electron chi connectivity index (χ3n) is 7.64. The second-order valence-electron chi connectivity index (χ2n) is 12.6. The number of aliphatic hydroxyl groups is 2. The molecule has 11 heteroatoms. The Balaban J connectivity index is 4.45. The Labute approximate surface area is 320 Å². The highest BCUT2D eigenvalue weighted by Gasteiger charge is 2.27. The van der Waals surface area contributed by atoms with Crippen molar-refractivity contribution in [2.24, 2.45) is 0 Å². The molecule has 53 heavy (non-hydrogen) atoms. The second kappa shape index (κ2) is 37.5. The second-order valence-corrected chi connectivity index (χ2v) is 14.1. The molecule has 0 aromatic heterocycles. The Morgan fingerprint density at radius 2 is 1.08 bits per heavy atom. The van der Waals surface area contributed by atoms with Gasteiger partial charge in [-0.1, -0.05) is 137 Å². The monoisotopic (exact) mass is 764 g/mol. The van der Waals surface area contributed by atoms with Crippen LogP contribution in [0.3, 0.4) is 0 Å². The summed E-state index contributed by atoms with van der Waals surface area (Å²) in [4.78, 5) is 34.9. The van der Waals surface area contributed by atoms with Crippen molar-refractivity contribution in [3.05, 3.63) is 85.1 Å². The molecule has 0 amide bonds. The van der Waals surface area contributed by atoms with Crippen LogP contribution in [0, 0.1) is 0 Å². The van der Waals surface area contributed by atoms with Gasteiger partial charge in [-0.2, -0.15) is 0 Å². The first-order chi connectivity index (χ1) is 25.7. The highest BCUT2D eigenvalue weighted by molar-refractivity contribution is 7.47. The molecule has 10 nitrogen and oxygen atoms in total. The van der Waals surface area contributed by atoms with E-state index in [4.69, 9.17) is 19.1 Å². The van der Waals surface area contributed by atoms with Gasteiger partial charge in [0.05, 0.1) is 19.8 Å². The molecule has 302 valence electrons. The molecule has 0 aromatic rings. The molecule has 0 aliphatic heterocycles. The first-order valence-corrected chi connectivity index (χ1v) is 21.1. The molecule has 0 saturated carbocycles. The number of allylic oxidation sites excluding steroid dienone is 14. The standard InChI is InChI=1S/C42H69O10P/c1-3-5-7-9-11-13-15-17-19-21-23-25-27-29-31-33-41(45)49-37-40(38-51-53(47,48)50-36-39(44)35-43)52-42(46)34-32-30-28-26-24-22-20-18-16-14-12-10-8-6-4-2/h5-9,11-15,17-20,39-40,43-44H,3-4,10,16,21-38H2,1-2H3,(H,47,48)/b7-5+,8-6+,11-9+,14-12+,15-13+,19-17+,20-18+/t39-,40+/m0/s1. The van der Waals surface area contributed by atoms with Crippen LogP contribution in [0.5, 0.6) is 0 Å². The van der Waals surface area contributed by atoms with Crippen molar-refractivity contribution < 1.29 is 47.8 Å². The van der Waals surface area contributed by atoms with Crippen LogP contribution < -0.4 is 0 Å². The molecule has 0 aliphatic carbocycles. The number of ether oxygens (including phenoxy) is 2. The van der Waals surface area contributed by atoms with E-state index in [1.165, 1.54) is 0 Å². The van der Waals surface area contributed by atoms with Gasteiger partial charge in [0.25, 0.3) is 0 Å². The quantitative estimate of drug-likeness (QED) is 0.0187. The van der Waals surface area contributed by atoms with Crippen molar-refractivity contribution in [3.8, 4) is 0 Å². The van der Waals surface area contributed by atoms with Crippen molar-refractivity contribution >= 4 is 19.8 Å². The highest BCUT2D eigenvalue weighted by Crippen LogP contribution is 2.43. The molecule has 3 N–H and O–H groups in total. The van der Waals surface area contributed by atoms with E-state index in [9.17, 15) is 24.2 Å². The topological polar surface area (TPSA) is 149 Å². The van der Waals surface area contributed by atoms with Gasteiger partial charge in [-0.25, -0.2) is 4.57 Å². The smallest absolute Gasteiger partial charge is 0.462 e. The molecule has 0 heterocycles. The number of aliphatic hydroxyl groups excluding tert-OH is 2. The van der Waals surface area contributed by atoms with Gasteiger partial charge >= 0.3 is 19.8 Å². The molecule has 0 bridgehead atoms. The van der Waals surface area contributed by atoms with E-state index in [2.05, 4.69) is 67.0 Å². The Kier molecular flexibility index (Phi) is 35.5. The molecular weight excluding hydrogens is 695 g/mol. The Morgan fingerprint density at radius 3 is 1.70 bits per heavy atom. The lowest BCUT2D eigenvalue weighted by molar-refractivity contribution is -0.161. The number of unbranched alkanes of at least 4 members (excludes halogenated alkanes) is 10. The van der Waals surface area contributed by atoms with Gasteiger partial charge in [0.1, 0.15) is 12.7 Å². The van der Waals surface area contributed by atoms with E-state index in [1.54, 1.807) is 0 Å². The van der Waals surface area contributed by atoms with Crippen LogP contribution in [-0.4, -0.2) is 65.7 Å². The average molecular weight is 765 g/mol. The van der Waals surface area contributed by atoms with Crippen LogP contribution >= 0.6 is 7.82 Å². The molecule has 1 unspecified atom stereocenters. The lowest BCUT2D eigenvalue weighted by Gasteiger charge is -2.20. The molecule has 0 aliphatic rings. The normalized spacial score (nSPS) is 14.9. The van der Waals surface area contributed by atoms with Gasteiger partial charge in [0, 0.05) is 12.8 Å². The molecule has 0 spiro atoms. The van der Waals surface area contributed by atoms with Gasteiger partial charge in [-0.05, 0) is 64.2 Å². The predicted molar refractivity (Wildman–Crippen MR) is 214 cm³/mol. The maximum absolute atomic E-state index is 12.6. The number of carbonyl (C=O) groups excluding carboxylic acids is 2. The molecular formula is C42H69O10P. The zero-order valence-corrected chi connectivity index (χ0v) is 33.3. The van der Waals surface area contributed by atoms with Gasteiger partial charge in [-0.15, -0.1) is 0 Å². The van der Waals surface area contributed by atoms with Gasteiger partial charge < -0.3 is 24.6 Å². The summed E-state index contributed by atoms with van der Waals surface area (Å²) in [6.07, 6.45) is 42.6. The molecule has 0 saturated heterocycles. The fourth-order valence-corrected chi connectivity index (χ4v) is 5.45. The third-order valence-corrected chi connectivity index (χ3v) is 8.59. The maximum Gasteiger partial charge on any atom is 0.472 e. The van der Waals surface area contributed by atoms with Crippen LogP contribution in [0.15, 0.2) is 85.1 Å².